The lowest BCUT2D eigenvalue weighted by Gasteiger charge is -2.33. The van der Waals surface area contributed by atoms with Gasteiger partial charge in [0.05, 0.1) is 7.11 Å². The monoisotopic (exact) mass is 268 g/mol. The van der Waals surface area contributed by atoms with Crippen molar-refractivity contribution in [2.45, 2.75) is 17.4 Å². The van der Waals surface area contributed by atoms with Crippen LogP contribution < -0.4 is 0 Å². The quantitative estimate of drug-likeness (QED) is 0.770. The maximum absolute atomic E-state index is 12.1. The van der Waals surface area contributed by atoms with Gasteiger partial charge in [-0.1, -0.05) is 29.8 Å². The summed E-state index contributed by atoms with van der Waals surface area (Å²) in [4.78, 5) is 12.1. The van der Waals surface area contributed by atoms with Gasteiger partial charge in [0.25, 0.3) is 0 Å². The van der Waals surface area contributed by atoms with Crippen LogP contribution >= 0.6 is 23.5 Å². The summed E-state index contributed by atoms with van der Waals surface area (Å²) < 4.78 is 4.44. The summed E-state index contributed by atoms with van der Waals surface area (Å²) in [6.07, 6.45) is 1.15. The van der Waals surface area contributed by atoms with Crippen molar-refractivity contribution in [3.05, 3.63) is 35.4 Å². The maximum atomic E-state index is 12.1. The minimum atomic E-state index is -0.555. The number of aryl methyl sites for hydroxylation is 1. The van der Waals surface area contributed by atoms with E-state index in [0.29, 0.717) is 0 Å². The van der Waals surface area contributed by atoms with Crippen LogP contribution in [-0.2, 0) is 13.6 Å². The molecule has 1 aliphatic rings. The minimum absolute atomic E-state index is 0.143. The van der Waals surface area contributed by atoms with E-state index in [1.165, 1.54) is 12.7 Å². The van der Waals surface area contributed by atoms with E-state index >= 15 is 0 Å². The Hall–Kier alpha value is -0.610. The number of hydrogen-bond donors (Lipinski definition) is 0. The van der Waals surface area contributed by atoms with Gasteiger partial charge in [-0.15, -0.1) is 23.5 Å². The van der Waals surface area contributed by atoms with Crippen molar-refractivity contribution in [3.63, 3.8) is 0 Å². The number of ether oxygens (including phenoxy) is 1. The SMILES string of the molecule is COC(=O)C1(c2ccc(C)cc2)SCCCS1. The van der Waals surface area contributed by atoms with Gasteiger partial charge in [0.2, 0.25) is 0 Å². The molecule has 17 heavy (non-hydrogen) atoms. The first-order chi connectivity index (χ1) is 8.19. The van der Waals surface area contributed by atoms with Crippen LogP contribution in [0.3, 0.4) is 0 Å². The van der Waals surface area contributed by atoms with Crippen molar-refractivity contribution in [1.29, 1.82) is 0 Å². The van der Waals surface area contributed by atoms with Gasteiger partial charge in [-0.3, -0.25) is 0 Å². The van der Waals surface area contributed by atoms with E-state index in [2.05, 4.69) is 19.1 Å². The van der Waals surface area contributed by atoms with Gasteiger partial charge >= 0.3 is 5.97 Å². The van der Waals surface area contributed by atoms with Crippen LogP contribution in [0, 0.1) is 6.92 Å². The normalized spacial score (nSPS) is 18.7. The van der Waals surface area contributed by atoms with Crippen LogP contribution in [0.15, 0.2) is 24.3 Å². The van der Waals surface area contributed by atoms with Crippen molar-refractivity contribution >= 4 is 29.5 Å². The second-order valence-corrected chi connectivity index (χ2v) is 6.90. The third-order valence-electron chi connectivity index (χ3n) is 2.79. The largest absolute Gasteiger partial charge is 0.467 e. The van der Waals surface area contributed by atoms with Crippen molar-refractivity contribution < 1.29 is 9.53 Å². The molecule has 0 bridgehead atoms. The summed E-state index contributed by atoms with van der Waals surface area (Å²) in [6, 6.07) is 8.18. The standard InChI is InChI=1S/C13H16O2S2/c1-10-4-6-11(7-5-10)13(12(14)15-2)16-8-3-9-17-13/h4-7H,3,8-9H2,1-2H3. The molecule has 0 atom stereocenters. The van der Waals surface area contributed by atoms with Crippen molar-refractivity contribution in [1.82, 2.24) is 0 Å². The number of carbonyl (C=O) groups is 1. The molecule has 0 unspecified atom stereocenters. The third kappa shape index (κ3) is 2.47. The van der Waals surface area contributed by atoms with Gasteiger partial charge in [-0.25, -0.2) is 4.79 Å². The van der Waals surface area contributed by atoms with E-state index in [-0.39, 0.29) is 5.97 Å². The molecule has 1 aromatic carbocycles. The molecule has 1 aliphatic heterocycles. The number of esters is 1. The molecule has 1 aromatic rings. The molecule has 2 nitrogen and oxygen atoms in total. The number of hydrogen-bond acceptors (Lipinski definition) is 4. The lowest BCUT2D eigenvalue weighted by Crippen LogP contribution is -2.33. The van der Waals surface area contributed by atoms with E-state index in [1.54, 1.807) is 23.5 Å². The summed E-state index contributed by atoms with van der Waals surface area (Å²) in [6.45, 7) is 2.05. The average molecular weight is 268 g/mol. The van der Waals surface area contributed by atoms with E-state index < -0.39 is 4.08 Å². The fourth-order valence-electron chi connectivity index (χ4n) is 1.84. The van der Waals surface area contributed by atoms with Crippen LogP contribution in [0.4, 0.5) is 0 Å². The molecule has 0 radical (unpaired) electrons. The van der Waals surface area contributed by atoms with Gasteiger partial charge in [-0.2, -0.15) is 0 Å². The van der Waals surface area contributed by atoms with Crippen LogP contribution in [0.2, 0.25) is 0 Å². The summed E-state index contributed by atoms with van der Waals surface area (Å²) in [5.41, 5.74) is 2.25. The fourth-order valence-corrected chi connectivity index (χ4v) is 5.02. The molecule has 0 N–H and O–H groups in total. The Kier molecular flexibility index (Phi) is 4.05. The van der Waals surface area contributed by atoms with E-state index in [4.69, 9.17) is 4.74 Å². The Balaban J connectivity index is 2.38. The predicted molar refractivity (Wildman–Crippen MR) is 74.4 cm³/mol. The van der Waals surface area contributed by atoms with Crippen molar-refractivity contribution in [3.8, 4) is 0 Å². The molecular weight excluding hydrogens is 252 g/mol. The summed E-state index contributed by atoms with van der Waals surface area (Å²) in [7, 11) is 1.47. The lowest BCUT2D eigenvalue weighted by molar-refractivity contribution is -0.141. The molecule has 92 valence electrons. The Morgan fingerprint density at radius 1 is 1.24 bits per heavy atom. The Morgan fingerprint density at radius 3 is 2.35 bits per heavy atom. The Labute approximate surface area is 111 Å². The van der Waals surface area contributed by atoms with E-state index in [1.807, 2.05) is 12.1 Å². The zero-order valence-corrected chi connectivity index (χ0v) is 11.7. The molecule has 0 aromatic heterocycles. The van der Waals surface area contributed by atoms with Gasteiger partial charge < -0.3 is 4.74 Å². The lowest BCUT2D eigenvalue weighted by atomic mass is 10.1. The van der Waals surface area contributed by atoms with Gasteiger partial charge in [0.15, 0.2) is 4.08 Å². The summed E-state index contributed by atoms with van der Waals surface area (Å²) in [5, 5.41) is 0. The predicted octanol–water partition coefficient (Wildman–Crippen LogP) is 3.19. The Bertz CT molecular complexity index is 394. The highest BCUT2D eigenvalue weighted by Crippen LogP contribution is 2.51. The highest BCUT2D eigenvalue weighted by atomic mass is 32.2. The first-order valence-electron chi connectivity index (χ1n) is 5.62. The molecule has 2 rings (SSSR count). The highest BCUT2D eigenvalue weighted by Gasteiger charge is 2.44. The number of thioether (sulfide) groups is 2. The molecule has 0 aliphatic carbocycles. The minimum Gasteiger partial charge on any atom is -0.467 e. The zero-order valence-electron chi connectivity index (χ0n) is 10.1. The first kappa shape index (κ1) is 12.8. The third-order valence-corrected chi connectivity index (χ3v) is 6.10. The van der Waals surface area contributed by atoms with Crippen molar-refractivity contribution in [2.24, 2.45) is 0 Å². The van der Waals surface area contributed by atoms with E-state index in [0.717, 1.165) is 23.5 Å². The maximum Gasteiger partial charge on any atom is 0.336 e. The topological polar surface area (TPSA) is 26.3 Å². The number of methoxy groups -OCH3 is 1. The number of benzene rings is 1. The van der Waals surface area contributed by atoms with Gasteiger partial charge in [-0.05, 0) is 30.4 Å². The van der Waals surface area contributed by atoms with Crippen LogP contribution in [0.5, 0.6) is 0 Å². The van der Waals surface area contributed by atoms with E-state index in [9.17, 15) is 4.79 Å². The number of carbonyl (C=O) groups excluding carboxylic acids is 1. The average Bonchev–Trinajstić information content (AvgIpc) is 2.39. The molecule has 1 heterocycles. The molecule has 1 fully saturated rings. The van der Waals surface area contributed by atoms with Crippen LogP contribution in [0.25, 0.3) is 0 Å². The van der Waals surface area contributed by atoms with Gasteiger partial charge in [0, 0.05) is 0 Å². The summed E-state index contributed by atoms with van der Waals surface area (Å²) >= 11 is 3.38. The second kappa shape index (κ2) is 5.36. The molecule has 0 saturated carbocycles. The zero-order chi connectivity index (χ0) is 12.3. The number of rotatable bonds is 2. The second-order valence-electron chi connectivity index (χ2n) is 4.02. The molecule has 1 saturated heterocycles. The highest BCUT2D eigenvalue weighted by molar-refractivity contribution is 8.19. The molecule has 0 spiro atoms. The smallest absolute Gasteiger partial charge is 0.336 e. The molecular formula is C13H16O2S2. The van der Waals surface area contributed by atoms with Gasteiger partial charge in [0.1, 0.15) is 0 Å². The molecule has 0 amide bonds. The van der Waals surface area contributed by atoms with Crippen LogP contribution in [0.1, 0.15) is 17.5 Å². The first-order valence-corrected chi connectivity index (χ1v) is 7.59. The van der Waals surface area contributed by atoms with Crippen molar-refractivity contribution in [2.75, 3.05) is 18.6 Å². The molecule has 4 heteroatoms. The Morgan fingerprint density at radius 2 is 1.82 bits per heavy atom. The fraction of sp³-hybridized carbons (Fsp3) is 0.462. The summed E-state index contributed by atoms with van der Waals surface area (Å²) in [5.74, 6) is 1.88. The van der Waals surface area contributed by atoms with Crippen LogP contribution in [-0.4, -0.2) is 24.6 Å².